The minimum Gasteiger partial charge on any atom is -0.497 e. The molecular weight excluding hydrogens is 342 g/mol. The highest BCUT2D eigenvalue weighted by atomic mass is 16.5. The van der Waals surface area contributed by atoms with Gasteiger partial charge in [-0.2, -0.15) is 0 Å². The third-order valence-corrected chi connectivity index (χ3v) is 3.85. The van der Waals surface area contributed by atoms with Crippen LogP contribution >= 0.6 is 0 Å². The molecule has 1 fully saturated rings. The number of carbonyl (C=O) groups is 3. The van der Waals surface area contributed by atoms with E-state index in [1.807, 2.05) is 12.1 Å². The molecule has 0 atom stereocenters. The first kappa shape index (κ1) is 21.2. The van der Waals surface area contributed by atoms with Gasteiger partial charge in [-0.15, -0.1) is 0 Å². The second-order valence-electron chi connectivity index (χ2n) is 5.86. The summed E-state index contributed by atoms with van der Waals surface area (Å²) in [4.78, 5) is 36.1. The van der Waals surface area contributed by atoms with E-state index >= 15 is 0 Å². The summed E-state index contributed by atoms with van der Waals surface area (Å²) in [5.74, 6) is -2.60. The van der Waals surface area contributed by atoms with Crippen LogP contribution in [0, 0.1) is 0 Å². The van der Waals surface area contributed by atoms with E-state index in [1.165, 1.54) is 5.69 Å². The second kappa shape index (κ2) is 10.2. The Morgan fingerprint density at radius 1 is 1.00 bits per heavy atom. The predicted octanol–water partition coefficient (Wildman–Crippen LogP) is 0.0610. The molecule has 9 heteroatoms. The molecule has 0 unspecified atom stereocenters. The topological polar surface area (TPSA) is 111 Å². The van der Waals surface area contributed by atoms with Gasteiger partial charge in [0.05, 0.1) is 13.7 Å². The third-order valence-electron chi connectivity index (χ3n) is 3.85. The molecule has 0 radical (unpaired) electrons. The van der Waals surface area contributed by atoms with Crippen molar-refractivity contribution in [1.82, 2.24) is 9.80 Å². The number of aliphatic carboxylic acids is 2. The zero-order valence-corrected chi connectivity index (χ0v) is 15.2. The number of carboxylic acids is 2. The number of ether oxygens (including phenoxy) is 1. The first-order valence-electron chi connectivity index (χ1n) is 8.02. The number of benzene rings is 1. The Labute approximate surface area is 152 Å². The molecule has 0 aromatic heterocycles. The number of amides is 1. The minimum atomic E-state index is -1.82. The molecule has 2 N–H and O–H groups in total. The van der Waals surface area contributed by atoms with Gasteiger partial charge in [-0.1, -0.05) is 0 Å². The van der Waals surface area contributed by atoms with Crippen LogP contribution in [0.1, 0.15) is 0 Å². The smallest absolute Gasteiger partial charge is 0.414 e. The van der Waals surface area contributed by atoms with Gasteiger partial charge in [0.25, 0.3) is 0 Å². The van der Waals surface area contributed by atoms with Gasteiger partial charge < -0.3 is 24.7 Å². The fourth-order valence-corrected chi connectivity index (χ4v) is 2.29. The van der Waals surface area contributed by atoms with Crippen LogP contribution in [0.2, 0.25) is 0 Å². The predicted molar refractivity (Wildman–Crippen MR) is 95.6 cm³/mol. The van der Waals surface area contributed by atoms with Gasteiger partial charge in [-0.3, -0.25) is 9.69 Å². The van der Waals surface area contributed by atoms with Crippen LogP contribution in [0.5, 0.6) is 5.75 Å². The second-order valence-corrected chi connectivity index (χ2v) is 5.86. The number of nitrogens with zero attached hydrogens (tertiary/aromatic N) is 3. The standard InChI is InChI=1S/C15H23N3O2.C2H2O4/c1-16(2)15(19)12-17-8-10-18(11-9-17)13-4-6-14(20-3)7-5-13;3-1(4)2(5)6/h4-7H,8-12H2,1-3H3;(H,3,4)(H,5,6). The number of anilines is 1. The molecule has 26 heavy (non-hydrogen) atoms. The van der Waals surface area contributed by atoms with Gasteiger partial charge in [0.15, 0.2) is 0 Å². The van der Waals surface area contributed by atoms with Crippen molar-refractivity contribution in [3.8, 4) is 5.75 Å². The van der Waals surface area contributed by atoms with E-state index in [9.17, 15) is 4.79 Å². The van der Waals surface area contributed by atoms with E-state index in [0.717, 1.165) is 31.9 Å². The molecule has 9 nitrogen and oxygen atoms in total. The summed E-state index contributed by atoms with van der Waals surface area (Å²) in [6, 6.07) is 8.13. The Hall–Kier alpha value is -2.81. The molecular formula is C17H25N3O6. The number of hydrogen-bond acceptors (Lipinski definition) is 6. The van der Waals surface area contributed by atoms with E-state index in [4.69, 9.17) is 24.5 Å². The van der Waals surface area contributed by atoms with Gasteiger partial charge in [0, 0.05) is 46.0 Å². The first-order chi connectivity index (χ1) is 12.2. The quantitative estimate of drug-likeness (QED) is 0.719. The summed E-state index contributed by atoms with van der Waals surface area (Å²) in [5, 5.41) is 14.8. The van der Waals surface area contributed by atoms with E-state index in [0.29, 0.717) is 6.54 Å². The number of piperazine rings is 1. The minimum absolute atomic E-state index is 0.169. The summed E-state index contributed by atoms with van der Waals surface area (Å²) < 4.78 is 5.17. The first-order valence-corrected chi connectivity index (χ1v) is 8.02. The Balaban J connectivity index is 0.000000487. The number of rotatable bonds is 4. The Bertz CT molecular complexity index is 597. The number of carbonyl (C=O) groups excluding carboxylic acids is 1. The Morgan fingerprint density at radius 2 is 1.50 bits per heavy atom. The van der Waals surface area contributed by atoms with Crippen LogP contribution < -0.4 is 9.64 Å². The molecule has 1 saturated heterocycles. The lowest BCUT2D eigenvalue weighted by Gasteiger charge is -2.36. The maximum absolute atomic E-state index is 11.7. The molecule has 144 valence electrons. The van der Waals surface area contributed by atoms with E-state index in [2.05, 4.69) is 21.9 Å². The van der Waals surface area contributed by atoms with Crippen molar-refractivity contribution in [1.29, 1.82) is 0 Å². The molecule has 0 spiro atoms. The summed E-state index contributed by atoms with van der Waals surface area (Å²) >= 11 is 0. The van der Waals surface area contributed by atoms with Gasteiger partial charge in [-0.05, 0) is 24.3 Å². The van der Waals surface area contributed by atoms with Crippen molar-refractivity contribution in [2.75, 3.05) is 58.8 Å². The Kier molecular flexibility index (Phi) is 8.36. The van der Waals surface area contributed by atoms with Crippen LogP contribution in [-0.4, -0.2) is 91.8 Å². The van der Waals surface area contributed by atoms with Gasteiger partial charge in [0.1, 0.15) is 5.75 Å². The van der Waals surface area contributed by atoms with Crippen LogP contribution in [0.3, 0.4) is 0 Å². The summed E-state index contributed by atoms with van der Waals surface area (Å²) in [6.45, 7) is 4.26. The fourth-order valence-electron chi connectivity index (χ4n) is 2.29. The molecule has 1 heterocycles. The molecule has 1 aromatic carbocycles. The average Bonchev–Trinajstić information content (AvgIpc) is 2.62. The molecule has 0 saturated carbocycles. The maximum Gasteiger partial charge on any atom is 0.414 e. The highest BCUT2D eigenvalue weighted by molar-refractivity contribution is 6.27. The number of carboxylic acid groups (broad SMARTS) is 2. The summed E-state index contributed by atoms with van der Waals surface area (Å²) in [5.41, 5.74) is 1.21. The molecule has 1 aromatic rings. The maximum atomic E-state index is 11.7. The van der Waals surface area contributed by atoms with E-state index < -0.39 is 11.9 Å². The van der Waals surface area contributed by atoms with Crippen molar-refractivity contribution in [2.45, 2.75) is 0 Å². The largest absolute Gasteiger partial charge is 0.497 e. The van der Waals surface area contributed by atoms with E-state index in [1.54, 1.807) is 26.1 Å². The molecule has 1 aliphatic heterocycles. The molecule has 0 bridgehead atoms. The number of methoxy groups -OCH3 is 1. The van der Waals surface area contributed by atoms with Crippen molar-refractivity contribution in [3.63, 3.8) is 0 Å². The third kappa shape index (κ3) is 6.98. The van der Waals surface area contributed by atoms with Gasteiger partial charge in [0.2, 0.25) is 5.91 Å². The van der Waals surface area contributed by atoms with Crippen LogP contribution in [0.25, 0.3) is 0 Å². The Morgan fingerprint density at radius 3 is 1.88 bits per heavy atom. The summed E-state index contributed by atoms with van der Waals surface area (Å²) in [7, 11) is 5.28. The van der Waals surface area contributed by atoms with Crippen LogP contribution in [-0.2, 0) is 14.4 Å². The van der Waals surface area contributed by atoms with E-state index in [-0.39, 0.29) is 5.91 Å². The zero-order chi connectivity index (χ0) is 19.7. The van der Waals surface area contributed by atoms with Crippen molar-refractivity contribution in [3.05, 3.63) is 24.3 Å². The lowest BCUT2D eigenvalue weighted by atomic mass is 10.2. The monoisotopic (exact) mass is 367 g/mol. The van der Waals surface area contributed by atoms with Crippen molar-refractivity contribution < 1.29 is 29.3 Å². The highest BCUT2D eigenvalue weighted by Crippen LogP contribution is 2.20. The van der Waals surface area contributed by atoms with Gasteiger partial charge >= 0.3 is 11.9 Å². The average molecular weight is 367 g/mol. The van der Waals surface area contributed by atoms with Crippen molar-refractivity contribution in [2.24, 2.45) is 0 Å². The zero-order valence-electron chi connectivity index (χ0n) is 15.2. The van der Waals surface area contributed by atoms with Crippen molar-refractivity contribution >= 4 is 23.5 Å². The summed E-state index contributed by atoms with van der Waals surface area (Å²) in [6.07, 6.45) is 0. The van der Waals surface area contributed by atoms with Crippen LogP contribution in [0.15, 0.2) is 24.3 Å². The molecule has 1 amide bonds. The van der Waals surface area contributed by atoms with Crippen LogP contribution in [0.4, 0.5) is 5.69 Å². The fraction of sp³-hybridized carbons (Fsp3) is 0.471. The highest BCUT2D eigenvalue weighted by Gasteiger charge is 2.19. The number of hydrogen-bond donors (Lipinski definition) is 2. The SMILES string of the molecule is COc1ccc(N2CCN(CC(=O)N(C)C)CC2)cc1.O=C(O)C(=O)O. The number of likely N-dealkylation sites (N-methyl/N-ethyl adjacent to an activating group) is 1. The normalized spacial score (nSPS) is 14.0. The lowest BCUT2D eigenvalue weighted by Crippen LogP contribution is -2.49. The lowest BCUT2D eigenvalue weighted by molar-refractivity contribution is -0.159. The molecule has 1 aliphatic rings. The molecule has 2 rings (SSSR count). The van der Waals surface area contributed by atoms with Gasteiger partial charge in [-0.25, -0.2) is 9.59 Å². The molecule has 0 aliphatic carbocycles.